The molecule has 0 saturated carbocycles. The van der Waals surface area contributed by atoms with Crippen LogP contribution < -0.4 is 10.6 Å². The van der Waals surface area contributed by atoms with Gasteiger partial charge in [-0.25, -0.2) is 0 Å². The van der Waals surface area contributed by atoms with E-state index >= 15 is 0 Å². The molecule has 1 unspecified atom stereocenters. The molecule has 1 aromatic heterocycles. The normalized spacial score (nSPS) is 12.1. The Morgan fingerprint density at radius 3 is 3.00 bits per heavy atom. The summed E-state index contributed by atoms with van der Waals surface area (Å²) in [5.41, 5.74) is 2.14. The number of carbonyl (C=O) groups is 1. The van der Waals surface area contributed by atoms with Crippen LogP contribution in [-0.2, 0) is 0 Å². The van der Waals surface area contributed by atoms with Crippen molar-refractivity contribution in [2.75, 3.05) is 11.9 Å². The molecule has 0 fully saturated rings. The van der Waals surface area contributed by atoms with Crippen molar-refractivity contribution in [3.63, 3.8) is 0 Å². The van der Waals surface area contributed by atoms with E-state index < -0.39 is 0 Å². The number of nitrogens with zero attached hydrogens (tertiary/aromatic N) is 2. The number of aromatic nitrogens is 3. The fourth-order valence-corrected chi connectivity index (χ4v) is 1.82. The average Bonchev–Trinajstić information content (AvgIpc) is 2.93. The van der Waals surface area contributed by atoms with E-state index in [0.717, 1.165) is 17.8 Å². The van der Waals surface area contributed by atoms with Crippen molar-refractivity contribution in [1.29, 1.82) is 0 Å². The lowest BCUT2D eigenvalue weighted by molar-refractivity contribution is 0.102. The summed E-state index contributed by atoms with van der Waals surface area (Å²) in [6.07, 6.45) is 1.39. The maximum absolute atomic E-state index is 11.8. The van der Waals surface area contributed by atoms with Gasteiger partial charge in [0.1, 0.15) is 0 Å². The molecule has 1 amide bonds. The van der Waals surface area contributed by atoms with Crippen LogP contribution >= 0.6 is 0 Å². The third kappa shape index (κ3) is 3.38. The van der Waals surface area contributed by atoms with Crippen LogP contribution in [0.1, 0.15) is 35.9 Å². The first kappa shape index (κ1) is 13.2. The number of carbonyl (C=O) groups excluding carboxylic acids is 1. The number of benzene rings is 1. The van der Waals surface area contributed by atoms with Gasteiger partial charge in [-0.1, -0.05) is 19.1 Å². The van der Waals surface area contributed by atoms with E-state index in [1.165, 1.54) is 6.20 Å². The number of aromatic amines is 1. The van der Waals surface area contributed by atoms with Crippen LogP contribution in [0.3, 0.4) is 0 Å². The van der Waals surface area contributed by atoms with Gasteiger partial charge in [-0.2, -0.15) is 15.4 Å². The molecular weight excluding hydrogens is 242 g/mol. The number of anilines is 1. The molecule has 0 radical (unpaired) electrons. The van der Waals surface area contributed by atoms with Crippen LogP contribution in [0.15, 0.2) is 30.5 Å². The highest BCUT2D eigenvalue weighted by Crippen LogP contribution is 2.17. The van der Waals surface area contributed by atoms with Crippen molar-refractivity contribution in [1.82, 2.24) is 20.7 Å². The Hall–Kier alpha value is -2.21. The highest BCUT2D eigenvalue weighted by atomic mass is 16.2. The van der Waals surface area contributed by atoms with E-state index in [4.69, 9.17) is 0 Å². The molecule has 0 bridgehead atoms. The van der Waals surface area contributed by atoms with Crippen molar-refractivity contribution < 1.29 is 4.79 Å². The molecule has 0 spiro atoms. The molecule has 2 aromatic rings. The van der Waals surface area contributed by atoms with Crippen LogP contribution in [-0.4, -0.2) is 27.9 Å². The second-order valence-corrected chi connectivity index (χ2v) is 4.21. The van der Waals surface area contributed by atoms with Crippen molar-refractivity contribution in [3.8, 4) is 0 Å². The molecular formula is C13H17N5O. The fraction of sp³-hybridized carbons (Fsp3) is 0.308. The van der Waals surface area contributed by atoms with E-state index in [-0.39, 0.29) is 17.6 Å². The zero-order valence-corrected chi connectivity index (χ0v) is 11.0. The monoisotopic (exact) mass is 259 g/mol. The highest BCUT2D eigenvalue weighted by molar-refractivity contribution is 6.02. The lowest BCUT2D eigenvalue weighted by atomic mass is 10.1. The Kier molecular flexibility index (Phi) is 4.25. The minimum atomic E-state index is -0.276. The molecule has 0 aliphatic heterocycles. The molecule has 3 N–H and O–H groups in total. The van der Waals surface area contributed by atoms with Gasteiger partial charge in [-0.05, 0) is 31.2 Å². The molecule has 6 nitrogen and oxygen atoms in total. The van der Waals surface area contributed by atoms with Crippen LogP contribution in [0, 0.1) is 0 Å². The number of amides is 1. The molecule has 0 aliphatic rings. The molecule has 1 atom stereocenters. The smallest absolute Gasteiger partial charge is 0.277 e. The minimum absolute atomic E-state index is 0.244. The summed E-state index contributed by atoms with van der Waals surface area (Å²) in [6, 6.07) is 7.99. The number of hydrogen-bond donors (Lipinski definition) is 3. The van der Waals surface area contributed by atoms with Crippen molar-refractivity contribution in [3.05, 3.63) is 41.7 Å². The highest BCUT2D eigenvalue weighted by Gasteiger charge is 2.10. The summed E-state index contributed by atoms with van der Waals surface area (Å²) >= 11 is 0. The summed E-state index contributed by atoms with van der Waals surface area (Å²) in [5.74, 6) is -0.276. The van der Waals surface area contributed by atoms with Gasteiger partial charge in [0.2, 0.25) is 0 Å². The second kappa shape index (κ2) is 6.10. The maximum Gasteiger partial charge on any atom is 0.277 e. The van der Waals surface area contributed by atoms with Crippen molar-refractivity contribution in [2.24, 2.45) is 0 Å². The average molecular weight is 259 g/mol. The van der Waals surface area contributed by atoms with E-state index in [2.05, 4.69) is 39.9 Å². The molecule has 6 heteroatoms. The van der Waals surface area contributed by atoms with Crippen LogP contribution in [0.2, 0.25) is 0 Å². The predicted molar refractivity (Wildman–Crippen MR) is 72.9 cm³/mol. The Bertz CT molecular complexity index is 538. The van der Waals surface area contributed by atoms with E-state index in [1.807, 2.05) is 24.3 Å². The van der Waals surface area contributed by atoms with Gasteiger partial charge in [0.05, 0.1) is 6.20 Å². The summed E-state index contributed by atoms with van der Waals surface area (Å²) in [4.78, 5) is 11.8. The Labute approximate surface area is 111 Å². The van der Waals surface area contributed by atoms with Crippen LogP contribution in [0.5, 0.6) is 0 Å². The van der Waals surface area contributed by atoms with Gasteiger partial charge in [-0.3, -0.25) is 4.79 Å². The number of H-pyrrole nitrogens is 1. The van der Waals surface area contributed by atoms with E-state index in [0.29, 0.717) is 0 Å². The predicted octanol–water partition coefficient (Wildman–Crippen LogP) is 1.73. The molecule has 0 aliphatic carbocycles. The Morgan fingerprint density at radius 2 is 2.32 bits per heavy atom. The van der Waals surface area contributed by atoms with Gasteiger partial charge in [0.25, 0.3) is 5.91 Å². The minimum Gasteiger partial charge on any atom is -0.321 e. The van der Waals surface area contributed by atoms with Crippen LogP contribution in [0.25, 0.3) is 0 Å². The van der Waals surface area contributed by atoms with Crippen molar-refractivity contribution in [2.45, 2.75) is 19.9 Å². The van der Waals surface area contributed by atoms with Crippen LogP contribution in [0.4, 0.5) is 5.69 Å². The Morgan fingerprint density at radius 1 is 1.47 bits per heavy atom. The van der Waals surface area contributed by atoms with Gasteiger partial charge in [0, 0.05) is 11.7 Å². The standard InChI is InChI=1S/C13H17N5O/c1-3-14-9(2)10-5-4-6-11(7-10)16-13(19)12-8-15-18-17-12/h4-9,14H,3H2,1-2H3,(H,16,19)(H,15,17,18). The first-order valence-electron chi connectivity index (χ1n) is 6.21. The van der Waals surface area contributed by atoms with Gasteiger partial charge in [0.15, 0.2) is 5.69 Å². The van der Waals surface area contributed by atoms with E-state index in [9.17, 15) is 4.79 Å². The summed E-state index contributed by atoms with van der Waals surface area (Å²) in [7, 11) is 0. The third-order valence-electron chi connectivity index (χ3n) is 2.80. The fourth-order valence-electron chi connectivity index (χ4n) is 1.82. The van der Waals surface area contributed by atoms with Gasteiger partial charge in [-0.15, -0.1) is 0 Å². The first-order valence-corrected chi connectivity index (χ1v) is 6.21. The first-order chi connectivity index (χ1) is 9.20. The Balaban J connectivity index is 2.09. The van der Waals surface area contributed by atoms with Gasteiger partial charge < -0.3 is 10.6 Å². The molecule has 0 saturated heterocycles. The quantitative estimate of drug-likeness (QED) is 0.763. The summed E-state index contributed by atoms with van der Waals surface area (Å²) in [5, 5.41) is 15.9. The molecule has 19 heavy (non-hydrogen) atoms. The lowest BCUT2D eigenvalue weighted by Gasteiger charge is -2.14. The number of nitrogens with one attached hydrogen (secondary N) is 3. The zero-order chi connectivity index (χ0) is 13.7. The maximum atomic E-state index is 11.8. The molecule has 1 aromatic carbocycles. The summed E-state index contributed by atoms with van der Waals surface area (Å²) < 4.78 is 0. The molecule has 1 heterocycles. The van der Waals surface area contributed by atoms with Crippen molar-refractivity contribution >= 4 is 11.6 Å². The summed E-state index contributed by atoms with van der Waals surface area (Å²) in [6.45, 7) is 5.05. The lowest BCUT2D eigenvalue weighted by Crippen LogP contribution is -2.18. The second-order valence-electron chi connectivity index (χ2n) is 4.21. The molecule has 2 rings (SSSR count). The van der Waals surface area contributed by atoms with Gasteiger partial charge >= 0.3 is 0 Å². The zero-order valence-electron chi connectivity index (χ0n) is 11.0. The third-order valence-corrected chi connectivity index (χ3v) is 2.80. The topological polar surface area (TPSA) is 82.7 Å². The largest absolute Gasteiger partial charge is 0.321 e. The number of hydrogen-bond acceptors (Lipinski definition) is 4. The molecule has 100 valence electrons. The SMILES string of the molecule is CCNC(C)c1cccc(NC(=O)c2cn[nH]n2)c1. The van der Waals surface area contributed by atoms with E-state index in [1.54, 1.807) is 0 Å². The number of rotatable bonds is 5.